The molecule has 0 aliphatic heterocycles. The molecule has 0 aliphatic carbocycles. The van der Waals surface area contributed by atoms with Crippen molar-refractivity contribution in [1.29, 1.82) is 0 Å². The minimum Gasteiger partial charge on any atom is -0.374 e. The Morgan fingerprint density at radius 1 is 1.20 bits per heavy atom. The van der Waals surface area contributed by atoms with Gasteiger partial charge in [0.1, 0.15) is 18.2 Å². The van der Waals surface area contributed by atoms with E-state index in [1.807, 2.05) is 13.0 Å². The molecule has 2 N–H and O–H groups in total. The summed E-state index contributed by atoms with van der Waals surface area (Å²) in [6, 6.07) is 2.38. The third-order valence-corrected chi connectivity index (χ3v) is 2.95. The molecule has 114 valence electrons. The first kappa shape index (κ1) is 16.7. The quantitative estimate of drug-likeness (QED) is 0.687. The van der Waals surface area contributed by atoms with Gasteiger partial charge >= 0.3 is 0 Å². The van der Waals surface area contributed by atoms with Gasteiger partial charge in [-0.05, 0) is 27.2 Å². The van der Waals surface area contributed by atoms with Gasteiger partial charge < -0.3 is 15.4 Å². The number of nitrogens with zero attached hydrogens (tertiary/aromatic N) is 2. The largest absolute Gasteiger partial charge is 0.374 e. The number of unbranched alkanes of at least 4 members (excludes halogenated alkanes) is 1. The number of rotatable bonds is 10. The summed E-state index contributed by atoms with van der Waals surface area (Å²) in [5.41, 5.74) is 0. The van der Waals surface area contributed by atoms with Gasteiger partial charge in [0.15, 0.2) is 5.82 Å². The second kappa shape index (κ2) is 9.53. The highest BCUT2D eigenvalue weighted by Gasteiger charge is 2.07. The number of hydrogen-bond acceptors (Lipinski definition) is 5. The third kappa shape index (κ3) is 6.19. The maximum absolute atomic E-state index is 5.40. The molecule has 1 aromatic rings. The summed E-state index contributed by atoms with van der Waals surface area (Å²) >= 11 is 0. The molecule has 1 atom stereocenters. The van der Waals surface area contributed by atoms with Gasteiger partial charge in [-0.15, -0.1) is 0 Å². The van der Waals surface area contributed by atoms with Gasteiger partial charge in [-0.2, -0.15) is 0 Å². The molecule has 0 aliphatic rings. The van der Waals surface area contributed by atoms with Crippen LogP contribution in [0.2, 0.25) is 0 Å². The molecule has 0 amide bonds. The zero-order chi connectivity index (χ0) is 14.8. The summed E-state index contributed by atoms with van der Waals surface area (Å²) in [7, 11) is 0. The lowest BCUT2D eigenvalue weighted by Gasteiger charge is -2.16. The first-order valence-corrected chi connectivity index (χ1v) is 7.65. The van der Waals surface area contributed by atoms with E-state index in [2.05, 4.69) is 41.4 Å². The van der Waals surface area contributed by atoms with Gasteiger partial charge in [0.2, 0.25) is 0 Å². The van der Waals surface area contributed by atoms with Crippen LogP contribution < -0.4 is 10.6 Å². The van der Waals surface area contributed by atoms with E-state index in [9.17, 15) is 0 Å². The van der Waals surface area contributed by atoms with Crippen molar-refractivity contribution in [3.05, 3.63) is 11.9 Å². The van der Waals surface area contributed by atoms with E-state index in [4.69, 9.17) is 4.74 Å². The fourth-order valence-corrected chi connectivity index (χ4v) is 1.94. The summed E-state index contributed by atoms with van der Waals surface area (Å²) in [4.78, 5) is 8.96. The van der Waals surface area contributed by atoms with Gasteiger partial charge in [0.25, 0.3) is 0 Å². The molecular weight excluding hydrogens is 252 g/mol. The van der Waals surface area contributed by atoms with E-state index in [1.165, 1.54) is 12.8 Å². The first-order valence-electron chi connectivity index (χ1n) is 7.65. The van der Waals surface area contributed by atoms with Gasteiger partial charge in [0, 0.05) is 25.3 Å². The Morgan fingerprint density at radius 3 is 2.60 bits per heavy atom. The van der Waals surface area contributed by atoms with E-state index in [0.717, 1.165) is 30.4 Å². The standard InChI is InChI=1S/C15H28N4O/c1-5-8-9-12(4)17-14-10-13(16-6-2)18-15(19-14)11-20-7-3/h10,12H,5-9,11H2,1-4H3,(H2,16,17,18,19). The Labute approximate surface area is 122 Å². The molecule has 0 saturated heterocycles. The van der Waals surface area contributed by atoms with Gasteiger partial charge in [-0.3, -0.25) is 0 Å². The maximum Gasteiger partial charge on any atom is 0.158 e. The number of hydrogen-bond donors (Lipinski definition) is 2. The van der Waals surface area contributed by atoms with Gasteiger partial charge in [-0.1, -0.05) is 19.8 Å². The predicted octanol–water partition coefficient (Wildman–Crippen LogP) is 3.44. The lowest BCUT2D eigenvalue weighted by molar-refractivity contribution is 0.128. The molecule has 1 unspecified atom stereocenters. The topological polar surface area (TPSA) is 59.1 Å². The first-order chi connectivity index (χ1) is 9.69. The van der Waals surface area contributed by atoms with Crippen LogP contribution in [-0.2, 0) is 11.3 Å². The Balaban J connectivity index is 2.73. The molecular formula is C15H28N4O. The van der Waals surface area contributed by atoms with E-state index < -0.39 is 0 Å². The Morgan fingerprint density at radius 2 is 1.95 bits per heavy atom. The van der Waals surface area contributed by atoms with E-state index in [0.29, 0.717) is 19.3 Å². The number of aromatic nitrogens is 2. The molecule has 20 heavy (non-hydrogen) atoms. The van der Waals surface area contributed by atoms with Crippen molar-refractivity contribution < 1.29 is 4.74 Å². The normalized spacial score (nSPS) is 12.2. The minimum atomic E-state index is 0.416. The summed E-state index contributed by atoms with van der Waals surface area (Å²) in [6.45, 7) is 10.4. The van der Waals surface area contributed by atoms with Crippen molar-refractivity contribution in [2.24, 2.45) is 0 Å². The fourth-order valence-electron chi connectivity index (χ4n) is 1.94. The zero-order valence-corrected chi connectivity index (χ0v) is 13.2. The highest BCUT2D eigenvalue weighted by molar-refractivity contribution is 5.47. The molecule has 1 rings (SSSR count). The van der Waals surface area contributed by atoms with Crippen LogP contribution in [0.5, 0.6) is 0 Å². The molecule has 0 aromatic carbocycles. The predicted molar refractivity (Wildman–Crippen MR) is 84.1 cm³/mol. The number of ether oxygens (including phenoxy) is 1. The van der Waals surface area contributed by atoms with E-state index in [1.54, 1.807) is 0 Å². The molecule has 1 aromatic heterocycles. The van der Waals surface area contributed by atoms with Crippen molar-refractivity contribution in [1.82, 2.24) is 9.97 Å². The monoisotopic (exact) mass is 280 g/mol. The molecule has 5 nitrogen and oxygen atoms in total. The Hall–Kier alpha value is -1.36. The van der Waals surface area contributed by atoms with Crippen molar-refractivity contribution in [3.63, 3.8) is 0 Å². The van der Waals surface area contributed by atoms with Crippen molar-refractivity contribution >= 4 is 11.6 Å². The number of nitrogens with one attached hydrogen (secondary N) is 2. The second-order valence-corrected chi connectivity index (χ2v) is 4.91. The molecule has 0 bridgehead atoms. The summed E-state index contributed by atoms with van der Waals surface area (Å²) in [6.07, 6.45) is 3.59. The lowest BCUT2D eigenvalue weighted by atomic mass is 10.1. The molecule has 0 spiro atoms. The van der Waals surface area contributed by atoms with E-state index in [-0.39, 0.29) is 0 Å². The smallest absolute Gasteiger partial charge is 0.158 e. The van der Waals surface area contributed by atoms with Crippen molar-refractivity contribution in [2.75, 3.05) is 23.8 Å². The fraction of sp³-hybridized carbons (Fsp3) is 0.733. The Bertz CT molecular complexity index is 384. The zero-order valence-electron chi connectivity index (χ0n) is 13.2. The molecule has 0 saturated carbocycles. The van der Waals surface area contributed by atoms with Gasteiger partial charge in [0.05, 0.1) is 0 Å². The van der Waals surface area contributed by atoms with Gasteiger partial charge in [-0.25, -0.2) is 9.97 Å². The molecule has 0 fully saturated rings. The Kier molecular flexibility index (Phi) is 7.95. The third-order valence-electron chi connectivity index (χ3n) is 2.95. The molecule has 5 heteroatoms. The van der Waals surface area contributed by atoms with Crippen LogP contribution >= 0.6 is 0 Å². The average Bonchev–Trinajstić information content (AvgIpc) is 2.43. The minimum absolute atomic E-state index is 0.416. The van der Waals surface area contributed by atoms with Crippen LogP contribution in [0.3, 0.4) is 0 Å². The molecule has 1 heterocycles. The van der Waals surface area contributed by atoms with Crippen molar-refractivity contribution in [3.8, 4) is 0 Å². The number of anilines is 2. The average molecular weight is 280 g/mol. The highest BCUT2D eigenvalue weighted by atomic mass is 16.5. The van der Waals surface area contributed by atoms with E-state index >= 15 is 0 Å². The van der Waals surface area contributed by atoms with Crippen LogP contribution in [0, 0.1) is 0 Å². The lowest BCUT2D eigenvalue weighted by Crippen LogP contribution is -2.17. The van der Waals surface area contributed by atoms with Crippen LogP contribution in [0.15, 0.2) is 6.07 Å². The van der Waals surface area contributed by atoms with Crippen LogP contribution in [0.4, 0.5) is 11.6 Å². The maximum atomic E-state index is 5.40. The molecule has 0 radical (unpaired) electrons. The summed E-state index contributed by atoms with van der Waals surface area (Å²) < 4.78 is 5.40. The second-order valence-electron chi connectivity index (χ2n) is 4.91. The van der Waals surface area contributed by atoms with Crippen LogP contribution in [0.25, 0.3) is 0 Å². The summed E-state index contributed by atoms with van der Waals surface area (Å²) in [5.74, 6) is 2.44. The SMILES string of the molecule is CCCCC(C)Nc1cc(NCC)nc(COCC)n1. The highest BCUT2D eigenvalue weighted by Crippen LogP contribution is 2.14. The summed E-state index contributed by atoms with van der Waals surface area (Å²) in [5, 5.41) is 6.68. The van der Waals surface area contributed by atoms with Crippen LogP contribution in [-0.4, -0.2) is 29.2 Å². The van der Waals surface area contributed by atoms with Crippen LogP contribution in [0.1, 0.15) is 52.8 Å². The van der Waals surface area contributed by atoms with Crippen molar-refractivity contribution in [2.45, 2.75) is 59.6 Å².